The quantitative estimate of drug-likeness (QED) is 0.339. The van der Waals surface area contributed by atoms with Crippen molar-refractivity contribution in [3.63, 3.8) is 0 Å². The largest absolute Gasteiger partial charge is 0.375 e. The number of nitrogens with zero attached hydrogens (tertiary/aromatic N) is 5. The molecule has 1 saturated heterocycles. The van der Waals surface area contributed by atoms with E-state index in [1.165, 1.54) is 36.4 Å². The molecular weight excluding hydrogens is 537 g/mol. The molecule has 0 saturated carbocycles. The average molecular weight is 559 g/mol. The first kappa shape index (κ1) is 24.7. The molecule has 2 aliphatic rings. The van der Waals surface area contributed by atoms with Gasteiger partial charge in [-0.2, -0.15) is 0 Å². The van der Waals surface area contributed by atoms with E-state index in [1.54, 1.807) is 18.0 Å². The lowest BCUT2D eigenvalue weighted by atomic mass is 9.96. The van der Waals surface area contributed by atoms with Crippen molar-refractivity contribution in [2.75, 3.05) is 35.7 Å². The van der Waals surface area contributed by atoms with Gasteiger partial charge in [0.05, 0.1) is 32.8 Å². The van der Waals surface area contributed by atoms with Gasteiger partial charge in [-0.05, 0) is 32.0 Å². The minimum absolute atomic E-state index is 0.0150. The molecule has 4 heterocycles. The third-order valence-electron chi connectivity index (χ3n) is 7.18. The summed E-state index contributed by atoms with van der Waals surface area (Å²) in [5.74, 6) is -2.03. The van der Waals surface area contributed by atoms with Crippen molar-refractivity contribution >= 4 is 66.5 Å². The molecule has 0 spiro atoms. The zero-order chi connectivity index (χ0) is 27.0. The first-order chi connectivity index (χ1) is 18.1. The van der Waals surface area contributed by atoms with Gasteiger partial charge in [0.25, 0.3) is 5.91 Å². The van der Waals surface area contributed by atoms with E-state index in [2.05, 4.69) is 9.97 Å². The number of benzene rings is 2. The molecule has 0 bridgehead atoms. The molecule has 12 heteroatoms. The number of hydrogen-bond acceptors (Lipinski definition) is 7. The van der Waals surface area contributed by atoms with Crippen LogP contribution in [-0.2, 0) is 4.79 Å². The standard InChI is InChI=1S/C26H22ClF3N6OS/c1-11(28)8-35-10-17-25(37)34(3)16-7-32-22-13(24(16)36(17)9-12(35)2)6-14(27)19(21(22)30)20-15(29)4-5-18-23(20)33-26(31)38-18/h4-8,12,17H,9-10H2,1-3H3,(H2,31,33)/t12-,17-/m1/s1. The Morgan fingerprint density at radius 3 is 2.74 bits per heavy atom. The van der Waals surface area contributed by atoms with Crippen LogP contribution in [0.25, 0.3) is 32.2 Å². The second-order valence-electron chi connectivity index (χ2n) is 9.58. The van der Waals surface area contributed by atoms with Crippen molar-refractivity contribution in [1.82, 2.24) is 14.9 Å². The van der Waals surface area contributed by atoms with Gasteiger partial charge in [0, 0.05) is 48.9 Å². The summed E-state index contributed by atoms with van der Waals surface area (Å²) in [6, 6.07) is 3.56. The maximum atomic E-state index is 16.3. The predicted octanol–water partition coefficient (Wildman–Crippen LogP) is 5.71. The molecule has 1 amide bonds. The summed E-state index contributed by atoms with van der Waals surface area (Å²) in [5.41, 5.74) is 6.91. The maximum absolute atomic E-state index is 16.3. The Kier molecular flexibility index (Phi) is 5.69. The Labute approximate surface area is 224 Å². The monoisotopic (exact) mass is 558 g/mol. The maximum Gasteiger partial charge on any atom is 0.251 e. The number of allylic oxidation sites excluding steroid dienone is 1. The normalized spacial score (nSPS) is 19.9. The van der Waals surface area contributed by atoms with Crippen LogP contribution in [0, 0.1) is 11.6 Å². The summed E-state index contributed by atoms with van der Waals surface area (Å²) in [7, 11) is 1.62. The van der Waals surface area contributed by atoms with Crippen molar-refractivity contribution in [3.05, 3.63) is 53.1 Å². The minimum Gasteiger partial charge on any atom is -0.375 e. The molecule has 4 aromatic rings. The second-order valence-corrected chi connectivity index (χ2v) is 11.1. The fourth-order valence-electron chi connectivity index (χ4n) is 5.45. The lowest BCUT2D eigenvalue weighted by Crippen LogP contribution is -2.63. The number of carbonyl (C=O) groups excluding carboxylic acids is 1. The molecule has 196 valence electrons. The molecule has 7 nitrogen and oxygen atoms in total. The van der Waals surface area contributed by atoms with Gasteiger partial charge in [-0.3, -0.25) is 9.78 Å². The summed E-state index contributed by atoms with van der Waals surface area (Å²) in [6.07, 6.45) is 2.84. The molecule has 0 radical (unpaired) electrons. The lowest BCUT2D eigenvalue weighted by molar-refractivity contribution is -0.120. The van der Waals surface area contributed by atoms with Crippen molar-refractivity contribution in [2.24, 2.45) is 0 Å². The first-order valence-electron chi connectivity index (χ1n) is 11.9. The van der Waals surface area contributed by atoms with Crippen molar-refractivity contribution < 1.29 is 18.0 Å². The highest BCUT2D eigenvalue weighted by atomic mass is 35.5. The van der Waals surface area contributed by atoms with Crippen LogP contribution in [0.1, 0.15) is 13.8 Å². The molecule has 2 aromatic heterocycles. The number of aromatic nitrogens is 2. The Morgan fingerprint density at radius 1 is 1.24 bits per heavy atom. The molecule has 0 aliphatic carbocycles. The van der Waals surface area contributed by atoms with Gasteiger partial charge in [-0.25, -0.2) is 18.2 Å². The van der Waals surface area contributed by atoms with Crippen LogP contribution in [0.2, 0.25) is 5.02 Å². The van der Waals surface area contributed by atoms with Gasteiger partial charge in [-0.15, -0.1) is 0 Å². The average Bonchev–Trinajstić information content (AvgIpc) is 3.24. The van der Waals surface area contributed by atoms with E-state index in [4.69, 9.17) is 17.3 Å². The summed E-state index contributed by atoms with van der Waals surface area (Å²) in [4.78, 5) is 27.0. The summed E-state index contributed by atoms with van der Waals surface area (Å²) < 4.78 is 45.7. The van der Waals surface area contributed by atoms with Crippen molar-refractivity contribution in [2.45, 2.75) is 25.9 Å². The Balaban J connectivity index is 1.58. The number of carbonyl (C=O) groups is 1. The van der Waals surface area contributed by atoms with Crippen LogP contribution < -0.4 is 15.5 Å². The number of likely N-dealkylation sites (N-methyl/N-ethyl adjacent to an activating group) is 1. The number of piperazine rings is 1. The molecule has 2 aliphatic heterocycles. The number of amides is 1. The number of rotatable bonds is 2. The van der Waals surface area contributed by atoms with Crippen LogP contribution in [0.3, 0.4) is 0 Å². The van der Waals surface area contributed by atoms with Crippen molar-refractivity contribution in [1.29, 1.82) is 0 Å². The van der Waals surface area contributed by atoms with Crippen LogP contribution in [0.15, 0.2) is 36.4 Å². The Morgan fingerprint density at radius 2 is 2.00 bits per heavy atom. The number of halogens is 4. The van der Waals surface area contributed by atoms with E-state index < -0.39 is 17.7 Å². The van der Waals surface area contributed by atoms with Gasteiger partial charge in [0.1, 0.15) is 23.2 Å². The molecule has 2 atom stereocenters. The smallest absolute Gasteiger partial charge is 0.251 e. The predicted molar refractivity (Wildman–Crippen MR) is 145 cm³/mol. The summed E-state index contributed by atoms with van der Waals surface area (Å²) in [5, 5.41) is 0.587. The molecule has 2 aromatic carbocycles. The van der Waals surface area contributed by atoms with Crippen LogP contribution >= 0.6 is 22.9 Å². The van der Waals surface area contributed by atoms with Crippen molar-refractivity contribution in [3.8, 4) is 11.1 Å². The van der Waals surface area contributed by atoms with Crippen LogP contribution in [-0.4, -0.2) is 53.0 Å². The number of pyridine rings is 1. The van der Waals surface area contributed by atoms with E-state index in [-0.39, 0.29) is 56.6 Å². The zero-order valence-corrected chi connectivity index (χ0v) is 22.2. The first-order valence-corrected chi connectivity index (χ1v) is 13.1. The number of thiazole rings is 1. The third-order valence-corrected chi connectivity index (χ3v) is 8.33. The number of nitrogen functional groups attached to an aromatic ring is 1. The van der Waals surface area contributed by atoms with E-state index in [0.717, 1.165) is 11.3 Å². The highest BCUT2D eigenvalue weighted by Gasteiger charge is 2.43. The van der Waals surface area contributed by atoms with Crippen LogP contribution in [0.5, 0.6) is 0 Å². The number of fused-ring (bicyclic) bond motifs is 6. The van der Waals surface area contributed by atoms with Gasteiger partial charge in [-0.1, -0.05) is 22.9 Å². The summed E-state index contributed by atoms with van der Waals surface area (Å²) >= 11 is 7.83. The summed E-state index contributed by atoms with van der Waals surface area (Å²) in [6.45, 7) is 3.92. The number of nitrogens with two attached hydrogens (primary N) is 1. The molecule has 6 rings (SSSR count). The van der Waals surface area contributed by atoms with E-state index in [9.17, 15) is 9.18 Å². The minimum atomic E-state index is -0.799. The lowest BCUT2D eigenvalue weighted by Gasteiger charge is -2.50. The van der Waals surface area contributed by atoms with E-state index in [0.29, 0.717) is 28.0 Å². The SMILES string of the molecule is CC(F)=CN1C[C@@H]2C(=O)N(C)c3cnc4c(F)c(-c5c(F)ccc6sc(N)nc56)c(Cl)cc4c3N2C[C@H]1C. The van der Waals surface area contributed by atoms with Gasteiger partial charge < -0.3 is 20.4 Å². The van der Waals surface area contributed by atoms with Gasteiger partial charge in [0.15, 0.2) is 10.9 Å². The Hall–Kier alpha value is -3.57. The molecule has 1 fully saturated rings. The number of anilines is 3. The highest BCUT2D eigenvalue weighted by Crippen LogP contribution is 2.47. The molecule has 0 unspecified atom stereocenters. The third kappa shape index (κ3) is 3.59. The topological polar surface area (TPSA) is 78.6 Å². The fourth-order valence-corrected chi connectivity index (χ4v) is 6.47. The van der Waals surface area contributed by atoms with Crippen LogP contribution in [0.4, 0.5) is 29.7 Å². The molecular formula is C26H22ClF3N6OS. The fraction of sp³-hybridized carbons (Fsp3) is 0.269. The molecule has 38 heavy (non-hydrogen) atoms. The molecule has 2 N–H and O–H groups in total. The Bertz CT molecular complexity index is 1690. The van der Waals surface area contributed by atoms with Gasteiger partial charge in [0.2, 0.25) is 0 Å². The zero-order valence-electron chi connectivity index (χ0n) is 20.6. The van der Waals surface area contributed by atoms with E-state index >= 15 is 8.78 Å². The second kappa shape index (κ2) is 8.74. The number of hydrogen-bond donors (Lipinski definition) is 1. The van der Waals surface area contributed by atoms with E-state index in [1.807, 2.05) is 11.8 Å². The van der Waals surface area contributed by atoms with Gasteiger partial charge >= 0.3 is 0 Å². The highest BCUT2D eigenvalue weighted by molar-refractivity contribution is 7.22.